The van der Waals surface area contributed by atoms with Crippen molar-refractivity contribution in [2.45, 2.75) is 39.3 Å². The number of rotatable bonds is 3. The van der Waals surface area contributed by atoms with Gasteiger partial charge in [-0.05, 0) is 32.2 Å². The van der Waals surface area contributed by atoms with E-state index in [2.05, 4.69) is 23.8 Å². The average Bonchev–Trinajstić information content (AvgIpc) is 2.65. The van der Waals surface area contributed by atoms with Gasteiger partial charge in [0.1, 0.15) is 0 Å². The first-order valence-electron chi connectivity index (χ1n) is 6.33. The molecule has 1 aromatic rings. The number of hydrogen-bond donors (Lipinski definition) is 0. The van der Waals surface area contributed by atoms with E-state index in [4.69, 9.17) is 0 Å². The molecule has 0 N–H and O–H groups in total. The zero-order valence-electron chi connectivity index (χ0n) is 10.9. The summed E-state index contributed by atoms with van der Waals surface area (Å²) in [7, 11) is 1.86. The second-order valence-corrected chi connectivity index (χ2v) is 5.15. The molecular formula is C13H21N3O. The fourth-order valence-corrected chi connectivity index (χ4v) is 2.61. The molecule has 1 fully saturated rings. The van der Waals surface area contributed by atoms with E-state index in [0.29, 0.717) is 6.04 Å². The van der Waals surface area contributed by atoms with E-state index in [1.54, 1.807) is 10.9 Å². The second kappa shape index (κ2) is 5.00. The van der Waals surface area contributed by atoms with Gasteiger partial charge in [0, 0.05) is 25.8 Å². The molecule has 17 heavy (non-hydrogen) atoms. The van der Waals surface area contributed by atoms with Crippen LogP contribution in [-0.4, -0.2) is 33.6 Å². The third kappa shape index (κ3) is 2.57. The molecule has 0 aromatic carbocycles. The van der Waals surface area contributed by atoms with Crippen molar-refractivity contribution in [1.29, 1.82) is 0 Å². The van der Waals surface area contributed by atoms with Crippen molar-refractivity contribution in [3.8, 4) is 0 Å². The predicted octanol–water partition coefficient (Wildman–Crippen LogP) is 1.85. The van der Waals surface area contributed by atoms with Crippen LogP contribution in [0.15, 0.2) is 6.20 Å². The molecule has 2 unspecified atom stereocenters. The van der Waals surface area contributed by atoms with Crippen molar-refractivity contribution in [2.24, 2.45) is 13.0 Å². The van der Waals surface area contributed by atoms with Crippen molar-refractivity contribution >= 4 is 6.29 Å². The maximum absolute atomic E-state index is 11.0. The van der Waals surface area contributed by atoms with Gasteiger partial charge < -0.3 is 0 Å². The van der Waals surface area contributed by atoms with Gasteiger partial charge in [-0.15, -0.1) is 0 Å². The summed E-state index contributed by atoms with van der Waals surface area (Å²) in [5.74, 6) is 0.729. The molecule has 2 rings (SSSR count). The van der Waals surface area contributed by atoms with Gasteiger partial charge in [-0.25, -0.2) is 0 Å². The summed E-state index contributed by atoms with van der Waals surface area (Å²) in [5, 5.41) is 4.38. The Hall–Kier alpha value is -1.16. The van der Waals surface area contributed by atoms with E-state index in [-0.39, 0.29) is 0 Å². The maximum Gasteiger partial charge on any atom is 0.153 e. The summed E-state index contributed by atoms with van der Waals surface area (Å²) in [6.45, 7) is 6.48. The molecule has 1 saturated heterocycles. The third-order valence-electron chi connectivity index (χ3n) is 3.92. The quantitative estimate of drug-likeness (QED) is 0.750. The Morgan fingerprint density at radius 2 is 2.29 bits per heavy atom. The number of carbonyl (C=O) groups is 1. The van der Waals surface area contributed by atoms with Gasteiger partial charge in [-0.3, -0.25) is 14.4 Å². The monoisotopic (exact) mass is 235 g/mol. The Labute approximate surface area is 103 Å². The molecule has 1 aliphatic rings. The van der Waals surface area contributed by atoms with Crippen LogP contribution >= 0.6 is 0 Å². The molecule has 2 atom stereocenters. The van der Waals surface area contributed by atoms with Gasteiger partial charge in [0.15, 0.2) is 6.29 Å². The van der Waals surface area contributed by atoms with Crippen LogP contribution in [0.3, 0.4) is 0 Å². The summed E-state index contributed by atoms with van der Waals surface area (Å²) in [6.07, 6.45) is 5.25. The molecule has 4 nitrogen and oxygen atoms in total. The van der Waals surface area contributed by atoms with E-state index >= 15 is 0 Å². The summed E-state index contributed by atoms with van der Waals surface area (Å²) in [6, 6.07) is 0.574. The molecule has 1 aromatic heterocycles. The van der Waals surface area contributed by atoms with Gasteiger partial charge in [0.2, 0.25) is 0 Å². The smallest absolute Gasteiger partial charge is 0.153 e. The van der Waals surface area contributed by atoms with E-state index in [1.807, 2.05) is 7.05 Å². The van der Waals surface area contributed by atoms with E-state index in [9.17, 15) is 4.79 Å². The van der Waals surface area contributed by atoms with Crippen molar-refractivity contribution in [3.05, 3.63) is 17.5 Å². The van der Waals surface area contributed by atoms with E-state index in [0.717, 1.165) is 36.6 Å². The van der Waals surface area contributed by atoms with Gasteiger partial charge in [-0.1, -0.05) is 6.92 Å². The van der Waals surface area contributed by atoms with E-state index < -0.39 is 0 Å². The molecule has 0 radical (unpaired) electrons. The maximum atomic E-state index is 11.0. The number of piperidine rings is 1. The Morgan fingerprint density at radius 3 is 3.00 bits per heavy atom. The summed E-state index contributed by atoms with van der Waals surface area (Å²) in [4.78, 5) is 13.4. The largest absolute Gasteiger partial charge is 0.298 e. The summed E-state index contributed by atoms with van der Waals surface area (Å²) < 4.78 is 1.72. The number of aryl methyl sites for hydroxylation is 1. The highest BCUT2D eigenvalue weighted by atomic mass is 16.1. The normalized spacial score (nSPS) is 26.1. The van der Waals surface area contributed by atoms with Crippen LogP contribution in [-0.2, 0) is 13.6 Å². The number of nitrogens with zero attached hydrogens (tertiary/aromatic N) is 3. The first-order valence-corrected chi connectivity index (χ1v) is 6.33. The van der Waals surface area contributed by atoms with Crippen molar-refractivity contribution in [2.75, 3.05) is 6.54 Å². The van der Waals surface area contributed by atoms with Crippen LogP contribution in [0, 0.1) is 5.92 Å². The fraction of sp³-hybridized carbons (Fsp3) is 0.692. The molecule has 0 amide bonds. The summed E-state index contributed by atoms with van der Waals surface area (Å²) in [5.41, 5.74) is 1.63. The Bertz CT molecular complexity index is 399. The average molecular weight is 235 g/mol. The van der Waals surface area contributed by atoms with Crippen molar-refractivity contribution in [3.63, 3.8) is 0 Å². The SMILES string of the molecule is CC1CCCN(Cc2nn(C)cc2C=O)C1C. The number of carbonyl (C=O) groups excluding carboxylic acids is 1. The molecule has 0 bridgehead atoms. The lowest BCUT2D eigenvalue weighted by molar-refractivity contribution is 0.103. The second-order valence-electron chi connectivity index (χ2n) is 5.15. The minimum atomic E-state index is 0.574. The van der Waals surface area contributed by atoms with E-state index in [1.165, 1.54) is 12.8 Å². The van der Waals surface area contributed by atoms with Crippen LogP contribution in [0.25, 0.3) is 0 Å². The number of likely N-dealkylation sites (tertiary alicyclic amines) is 1. The minimum absolute atomic E-state index is 0.574. The van der Waals surface area contributed by atoms with Gasteiger partial charge in [-0.2, -0.15) is 5.10 Å². The van der Waals surface area contributed by atoms with Crippen LogP contribution in [0.4, 0.5) is 0 Å². The standard InChI is InChI=1S/C13H21N3O/c1-10-5-4-6-16(11(10)2)8-13-12(9-17)7-15(3)14-13/h7,9-11H,4-6,8H2,1-3H3. The molecule has 94 valence electrons. The Balaban J connectivity index is 2.11. The molecule has 1 aliphatic heterocycles. The molecule has 0 spiro atoms. The highest BCUT2D eigenvalue weighted by molar-refractivity contribution is 5.75. The van der Waals surface area contributed by atoms with Crippen molar-refractivity contribution in [1.82, 2.24) is 14.7 Å². The minimum Gasteiger partial charge on any atom is -0.298 e. The topological polar surface area (TPSA) is 38.1 Å². The van der Waals surface area contributed by atoms with Crippen molar-refractivity contribution < 1.29 is 4.79 Å². The lowest BCUT2D eigenvalue weighted by Crippen LogP contribution is -2.41. The van der Waals surface area contributed by atoms with Crippen LogP contribution in [0.2, 0.25) is 0 Å². The first kappa shape index (κ1) is 12.3. The number of hydrogen-bond acceptors (Lipinski definition) is 3. The highest BCUT2D eigenvalue weighted by Gasteiger charge is 2.25. The van der Waals surface area contributed by atoms with Gasteiger partial charge in [0.25, 0.3) is 0 Å². The zero-order valence-corrected chi connectivity index (χ0v) is 10.9. The molecule has 2 heterocycles. The number of aromatic nitrogens is 2. The zero-order chi connectivity index (χ0) is 12.4. The fourth-order valence-electron chi connectivity index (χ4n) is 2.61. The molecular weight excluding hydrogens is 214 g/mol. The highest BCUT2D eigenvalue weighted by Crippen LogP contribution is 2.24. The third-order valence-corrected chi connectivity index (χ3v) is 3.92. The van der Waals surface area contributed by atoms with Crippen LogP contribution in [0.1, 0.15) is 42.7 Å². The predicted molar refractivity (Wildman–Crippen MR) is 66.9 cm³/mol. The van der Waals surface area contributed by atoms with Gasteiger partial charge >= 0.3 is 0 Å². The molecule has 0 saturated carbocycles. The molecule has 4 heteroatoms. The lowest BCUT2D eigenvalue weighted by Gasteiger charge is -2.37. The summed E-state index contributed by atoms with van der Waals surface area (Å²) >= 11 is 0. The Morgan fingerprint density at radius 1 is 1.53 bits per heavy atom. The van der Waals surface area contributed by atoms with Gasteiger partial charge in [0.05, 0.1) is 11.3 Å². The molecule has 0 aliphatic carbocycles. The van der Waals surface area contributed by atoms with Crippen LogP contribution in [0.5, 0.6) is 0 Å². The number of aldehydes is 1. The Kier molecular flexibility index (Phi) is 3.62. The van der Waals surface area contributed by atoms with Crippen LogP contribution < -0.4 is 0 Å². The lowest BCUT2D eigenvalue weighted by atomic mass is 9.92. The first-order chi connectivity index (χ1) is 8.11.